The van der Waals surface area contributed by atoms with Gasteiger partial charge in [-0.15, -0.1) is 0 Å². The molecule has 2 heterocycles. The van der Waals surface area contributed by atoms with E-state index in [1.165, 1.54) is 0 Å². The molecule has 1 aromatic carbocycles. The molecule has 138 valence electrons. The number of benzene rings is 1. The number of ether oxygens (including phenoxy) is 4. The molecule has 0 amide bonds. The highest BCUT2D eigenvalue weighted by atomic mass is 16.7. The summed E-state index contributed by atoms with van der Waals surface area (Å²) < 4.78 is 22.3. The van der Waals surface area contributed by atoms with E-state index < -0.39 is 0 Å². The van der Waals surface area contributed by atoms with E-state index in [2.05, 4.69) is 6.92 Å². The van der Waals surface area contributed by atoms with Crippen LogP contribution in [0.3, 0.4) is 0 Å². The first-order chi connectivity index (χ1) is 12.6. The van der Waals surface area contributed by atoms with Crippen molar-refractivity contribution >= 4 is 12.2 Å². The molecule has 2 aromatic rings. The Balaban J connectivity index is 1.91. The topological polar surface area (TPSA) is 49.8 Å². The second kappa shape index (κ2) is 7.79. The van der Waals surface area contributed by atoms with E-state index in [1.807, 2.05) is 44.2 Å². The molecule has 0 spiro atoms. The van der Waals surface area contributed by atoms with Gasteiger partial charge in [0.25, 0.3) is 0 Å². The largest absolute Gasteiger partial charge is 0.493 e. The van der Waals surface area contributed by atoms with Gasteiger partial charge >= 0.3 is 0 Å². The van der Waals surface area contributed by atoms with Gasteiger partial charge in [-0.1, -0.05) is 19.1 Å². The van der Waals surface area contributed by atoms with Crippen molar-refractivity contribution in [1.82, 2.24) is 4.98 Å². The van der Waals surface area contributed by atoms with Gasteiger partial charge in [0.2, 0.25) is 0 Å². The first-order valence-electron chi connectivity index (χ1n) is 8.75. The van der Waals surface area contributed by atoms with Crippen molar-refractivity contribution in [2.45, 2.75) is 40.1 Å². The molecule has 0 fully saturated rings. The number of nitrogens with zero attached hydrogens (tertiary/aromatic N) is 1. The smallest absolute Gasteiger partial charge is 0.200 e. The molecule has 1 aromatic heterocycles. The third-order valence-electron chi connectivity index (χ3n) is 4.57. The van der Waals surface area contributed by atoms with Crippen molar-refractivity contribution in [3.63, 3.8) is 0 Å². The van der Waals surface area contributed by atoms with Crippen LogP contribution < -0.4 is 14.2 Å². The van der Waals surface area contributed by atoms with Crippen LogP contribution in [0.5, 0.6) is 17.2 Å². The summed E-state index contributed by atoms with van der Waals surface area (Å²) in [6.07, 6.45) is 4.66. The Morgan fingerprint density at radius 2 is 1.92 bits per heavy atom. The fourth-order valence-corrected chi connectivity index (χ4v) is 3.03. The van der Waals surface area contributed by atoms with Crippen molar-refractivity contribution in [2.24, 2.45) is 0 Å². The highest BCUT2D eigenvalue weighted by molar-refractivity contribution is 5.72. The SMILES string of the molecule is CCC1OCc2c(C)c(/C=C/c3ccc(OC)c(OC)c3)nc(C)c2O1. The molecule has 1 aliphatic rings. The molecular weight excluding hydrogens is 330 g/mol. The summed E-state index contributed by atoms with van der Waals surface area (Å²) >= 11 is 0. The van der Waals surface area contributed by atoms with E-state index in [-0.39, 0.29) is 6.29 Å². The lowest BCUT2D eigenvalue weighted by Gasteiger charge is -2.28. The van der Waals surface area contributed by atoms with Crippen LogP contribution in [0, 0.1) is 13.8 Å². The van der Waals surface area contributed by atoms with Crippen LogP contribution in [0.2, 0.25) is 0 Å². The number of hydrogen-bond donors (Lipinski definition) is 0. The van der Waals surface area contributed by atoms with Crippen molar-refractivity contribution < 1.29 is 18.9 Å². The van der Waals surface area contributed by atoms with E-state index in [1.54, 1.807) is 14.2 Å². The van der Waals surface area contributed by atoms with Crippen LogP contribution in [0.1, 0.15) is 41.4 Å². The molecule has 5 heteroatoms. The molecule has 1 aliphatic heterocycles. The van der Waals surface area contributed by atoms with Crippen molar-refractivity contribution in [1.29, 1.82) is 0 Å². The monoisotopic (exact) mass is 355 g/mol. The number of aryl methyl sites for hydroxylation is 1. The van der Waals surface area contributed by atoms with Crippen LogP contribution in [0.25, 0.3) is 12.2 Å². The standard InChI is InChI=1S/C21H25NO4/c1-6-20-25-12-16-13(2)17(22-14(3)21(16)26-20)9-7-15-8-10-18(23-4)19(11-15)24-5/h7-11,20H,6,12H2,1-5H3/b9-7+. The summed E-state index contributed by atoms with van der Waals surface area (Å²) in [5.74, 6) is 2.28. The van der Waals surface area contributed by atoms with Crippen LogP contribution in [-0.4, -0.2) is 25.5 Å². The molecule has 26 heavy (non-hydrogen) atoms. The van der Waals surface area contributed by atoms with Gasteiger partial charge in [0.1, 0.15) is 5.75 Å². The lowest BCUT2D eigenvalue weighted by atomic mass is 10.0. The van der Waals surface area contributed by atoms with Crippen LogP contribution in [0.4, 0.5) is 0 Å². The molecule has 1 atom stereocenters. The zero-order valence-corrected chi connectivity index (χ0v) is 16.0. The Bertz CT molecular complexity index is 829. The molecule has 0 aliphatic carbocycles. The molecule has 0 saturated carbocycles. The average molecular weight is 355 g/mol. The molecule has 0 N–H and O–H groups in total. The van der Waals surface area contributed by atoms with Crippen molar-refractivity contribution in [3.05, 3.63) is 46.3 Å². The summed E-state index contributed by atoms with van der Waals surface area (Å²) in [5, 5.41) is 0. The minimum absolute atomic E-state index is 0.185. The van der Waals surface area contributed by atoms with Gasteiger partial charge in [0, 0.05) is 12.0 Å². The Hall–Kier alpha value is -2.53. The Kier molecular flexibility index (Phi) is 5.47. The number of fused-ring (bicyclic) bond motifs is 1. The summed E-state index contributed by atoms with van der Waals surface area (Å²) in [7, 11) is 3.26. The van der Waals surface area contributed by atoms with Gasteiger partial charge in [-0.25, -0.2) is 4.98 Å². The number of aromatic nitrogens is 1. The highest BCUT2D eigenvalue weighted by Crippen LogP contribution is 2.34. The van der Waals surface area contributed by atoms with Gasteiger partial charge < -0.3 is 18.9 Å². The lowest BCUT2D eigenvalue weighted by molar-refractivity contribution is -0.109. The quantitative estimate of drug-likeness (QED) is 0.788. The fourth-order valence-electron chi connectivity index (χ4n) is 3.03. The maximum Gasteiger partial charge on any atom is 0.200 e. The van der Waals surface area contributed by atoms with Crippen LogP contribution >= 0.6 is 0 Å². The van der Waals surface area contributed by atoms with E-state index in [4.69, 9.17) is 23.9 Å². The predicted molar refractivity (Wildman–Crippen MR) is 102 cm³/mol. The molecular formula is C21H25NO4. The highest BCUT2D eigenvalue weighted by Gasteiger charge is 2.24. The van der Waals surface area contributed by atoms with Gasteiger partial charge in [0.15, 0.2) is 17.8 Å². The van der Waals surface area contributed by atoms with E-state index in [0.717, 1.165) is 40.2 Å². The third kappa shape index (κ3) is 3.53. The van der Waals surface area contributed by atoms with Gasteiger partial charge in [-0.2, -0.15) is 0 Å². The second-order valence-corrected chi connectivity index (χ2v) is 6.23. The zero-order chi connectivity index (χ0) is 18.7. The maximum absolute atomic E-state index is 5.93. The summed E-state index contributed by atoms with van der Waals surface area (Å²) in [6.45, 7) is 6.63. The lowest BCUT2D eigenvalue weighted by Crippen LogP contribution is -2.26. The van der Waals surface area contributed by atoms with Gasteiger partial charge in [-0.05, 0) is 43.2 Å². The predicted octanol–water partition coefficient (Wildman–Crippen LogP) is 4.53. The third-order valence-corrected chi connectivity index (χ3v) is 4.57. The molecule has 0 saturated heterocycles. The first-order valence-corrected chi connectivity index (χ1v) is 8.75. The molecule has 5 nitrogen and oxygen atoms in total. The van der Waals surface area contributed by atoms with Gasteiger partial charge in [-0.3, -0.25) is 0 Å². The zero-order valence-electron chi connectivity index (χ0n) is 16.0. The van der Waals surface area contributed by atoms with Gasteiger partial charge in [0.05, 0.1) is 32.2 Å². The van der Waals surface area contributed by atoms with E-state index in [9.17, 15) is 0 Å². The van der Waals surface area contributed by atoms with Crippen molar-refractivity contribution in [2.75, 3.05) is 14.2 Å². The Labute approximate surface area is 154 Å². The minimum atomic E-state index is -0.185. The summed E-state index contributed by atoms with van der Waals surface area (Å²) in [4.78, 5) is 4.72. The maximum atomic E-state index is 5.93. The normalized spacial score (nSPS) is 16.3. The number of rotatable bonds is 5. The first kappa shape index (κ1) is 18.3. The number of methoxy groups -OCH3 is 2. The average Bonchev–Trinajstić information content (AvgIpc) is 2.68. The minimum Gasteiger partial charge on any atom is -0.493 e. The van der Waals surface area contributed by atoms with Crippen LogP contribution in [-0.2, 0) is 11.3 Å². The second-order valence-electron chi connectivity index (χ2n) is 6.23. The Morgan fingerprint density at radius 3 is 2.62 bits per heavy atom. The number of hydrogen-bond acceptors (Lipinski definition) is 5. The molecule has 0 radical (unpaired) electrons. The summed E-state index contributed by atoms with van der Waals surface area (Å²) in [5.41, 5.74) is 4.97. The molecule has 3 rings (SSSR count). The van der Waals surface area contributed by atoms with E-state index in [0.29, 0.717) is 18.1 Å². The Morgan fingerprint density at radius 1 is 1.15 bits per heavy atom. The number of pyridine rings is 1. The summed E-state index contributed by atoms with van der Waals surface area (Å²) in [6, 6.07) is 5.81. The molecule has 0 bridgehead atoms. The van der Waals surface area contributed by atoms with Crippen molar-refractivity contribution in [3.8, 4) is 17.2 Å². The molecule has 1 unspecified atom stereocenters. The van der Waals surface area contributed by atoms with E-state index >= 15 is 0 Å². The van der Waals surface area contributed by atoms with Crippen LogP contribution in [0.15, 0.2) is 18.2 Å². The fraction of sp³-hybridized carbons (Fsp3) is 0.381.